The summed E-state index contributed by atoms with van der Waals surface area (Å²) in [5, 5.41) is 2.64. The van der Waals surface area contributed by atoms with Crippen LogP contribution in [0.4, 0.5) is 4.79 Å². The fourth-order valence-corrected chi connectivity index (χ4v) is 1.83. The first kappa shape index (κ1) is 15.2. The molecule has 1 aromatic carbocycles. The largest absolute Gasteiger partial charge is 0.450 e. The number of carbonyl (C=O) groups is 2. The molecule has 0 aliphatic carbocycles. The Kier molecular flexibility index (Phi) is 6.64. The van der Waals surface area contributed by atoms with E-state index in [1.165, 1.54) is 0 Å². The molecule has 104 valence electrons. The molecule has 19 heavy (non-hydrogen) atoms. The average molecular weight is 263 g/mol. The standard InChI is InChI=1S/C15H21NO3/c1-3-8-14(17)13(16-15(18)19-4-2)11-12-9-6-5-7-10-12/h5-7,9-10,13H,3-4,8,11H2,1-2H3,(H,16,18)/t13-/m0/s1. The van der Waals surface area contributed by atoms with Gasteiger partial charge >= 0.3 is 6.09 Å². The van der Waals surface area contributed by atoms with E-state index in [-0.39, 0.29) is 5.78 Å². The molecule has 0 aromatic heterocycles. The van der Waals surface area contributed by atoms with Gasteiger partial charge < -0.3 is 10.1 Å². The molecular weight excluding hydrogens is 242 g/mol. The zero-order valence-corrected chi connectivity index (χ0v) is 11.5. The Bertz CT molecular complexity index is 403. The van der Waals surface area contributed by atoms with Gasteiger partial charge in [0.1, 0.15) is 0 Å². The predicted molar refractivity (Wildman–Crippen MR) is 74.0 cm³/mol. The molecular formula is C15H21NO3. The molecule has 1 amide bonds. The SMILES string of the molecule is CCCC(=O)[C@H](Cc1ccccc1)NC(=O)OCC. The van der Waals surface area contributed by atoms with E-state index in [4.69, 9.17) is 4.74 Å². The second kappa shape index (κ2) is 8.29. The van der Waals surface area contributed by atoms with Crippen LogP contribution in [0.3, 0.4) is 0 Å². The Balaban J connectivity index is 2.69. The summed E-state index contributed by atoms with van der Waals surface area (Å²) in [5.74, 6) is 0.0411. The fraction of sp³-hybridized carbons (Fsp3) is 0.467. The van der Waals surface area contributed by atoms with Gasteiger partial charge in [-0.3, -0.25) is 4.79 Å². The Morgan fingerprint density at radius 1 is 1.21 bits per heavy atom. The fourth-order valence-electron chi connectivity index (χ4n) is 1.83. The van der Waals surface area contributed by atoms with Crippen LogP contribution in [-0.2, 0) is 16.0 Å². The highest BCUT2D eigenvalue weighted by Gasteiger charge is 2.20. The van der Waals surface area contributed by atoms with Crippen molar-refractivity contribution in [1.82, 2.24) is 5.32 Å². The molecule has 0 saturated heterocycles. The maximum Gasteiger partial charge on any atom is 0.407 e. The number of amides is 1. The number of hydrogen-bond donors (Lipinski definition) is 1. The number of ketones is 1. The Hall–Kier alpha value is -1.84. The van der Waals surface area contributed by atoms with Gasteiger partial charge in [0, 0.05) is 6.42 Å². The summed E-state index contributed by atoms with van der Waals surface area (Å²) in [7, 11) is 0. The molecule has 0 aliphatic heterocycles. The van der Waals surface area contributed by atoms with E-state index >= 15 is 0 Å². The maximum absolute atomic E-state index is 12.0. The first-order chi connectivity index (χ1) is 9.17. The normalized spacial score (nSPS) is 11.7. The summed E-state index contributed by atoms with van der Waals surface area (Å²) in [5.41, 5.74) is 1.02. The zero-order chi connectivity index (χ0) is 14.1. The minimum absolute atomic E-state index is 0.0411. The van der Waals surface area contributed by atoms with Gasteiger partial charge in [-0.15, -0.1) is 0 Å². The second-order valence-corrected chi connectivity index (χ2v) is 4.32. The number of nitrogens with one attached hydrogen (secondary N) is 1. The molecule has 4 nitrogen and oxygen atoms in total. The predicted octanol–water partition coefficient (Wildman–Crippen LogP) is 2.71. The smallest absolute Gasteiger partial charge is 0.407 e. The highest BCUT2D eigenvalue weighted by atomic mass is 16.5. The topological polar surface area (TPSA) is 55.4 Å². The Morgan fingerprint density at radius 3 is 2.47 bits per heavy atom. The lowest BCUT2D eigenvalue weighted by Gasteiger charge is -2.17. The van der Waals surface area contributed by atoms with Crippen LogP contribution in [-0.4, -0.2) is 24.5 Å². The molecule has 0 bridgehead atoms. The van der Waals surface area contributed by atoms with Crippen molar-refractivity contribution >= 4 is 11.9 Å². The molecule has 1 aromatic rings. The highest BCUT2D eigenvalue weighted by molar-refractivity contribution is 5.87. The lowest BCUT2D eigenvalue weighted by atomic mass is 10.00. The number of carbonyl (C=O) groups excluding carboxylic acids is 2. The third-order valence-corrected chi connectivity index (χ3v) is 2.74. The Morgan fingerprint density at radius 2 is 1.89 bits per heavy atom. The van der Waals surface area contributed by atoms with Gasteiger partial charge in [-0.05, 0) is 25.3 Å². The maximum atomic E-state index is 12.0. The summed E-state index contributed by atoms with van der Waals surface area (Å²) >= 11 is 0. The molecule has 4 heteroatoms. The van der Waals surface area contributed by atoms with E-state index in [0.29, 0.717) is 19.4 Å². The quantitative estimate of drug-likeness (QED) is 0.823. The van der Waals surface area contributed by atoms with E-state index in [2.05, 4.69) is 5.32 Å². The minimum atomic E-state index is -0.534. The number of hydrogen-bond acceptors (Lipinski definition) is 3. The van der Waals surface area contributed by atoms with E-state index in [1.54, 1.807) is 6.92 Å². The van der Waals surface area contributed by atoms with Crippen molar-refractivity contribution in [2.24, 2.45) is 0 Å². The van der Waals surface area contributed by atoms with Crippen LogP contribution in [0.15, 0.2) is 30.3 Å². The first-order valence-electron chi connectivity index (χ1n) is 6.67. The number of benzene rings is 1. The second-order valence-electron chi connectivity index (χ2n) is 4.32. The number of Topliss-reactive ketones (excluding diaryl/α,β-unsaturated/α-hetero) is 1. The average Bonchev–Trinajstić information content (AvgIpc) is 2.40. The number of rotatable bonds is 7. The molecule has 0 aliphatic rings. The van der Waals surface area contributed by atoms with Gasteiger partial charge in [0.05, 0.1) is 12.6 Å². The van der Waals surface area contributed by atoms with Crippen LogP contribution in [0.25, 0.3) is 0 Å². The minimum Gasteiger partial charge on any atom is -0.450 e. The van der Waals surface area contributed by atoms with E-state index in [0.717, 1.165) is 12.0 Å². The van der Waals surface area contributed by atoms with Gasteiger partial charge in [0.25, 0.3) is 0 Å². The van der Waals surface area contributed by atoms with Crippen molar-refractivity contribution in [2.75, 3.05) is 6.61 Å². The van der Waals surface area contributed by atoms with Crippen molar-refractivity contribution in [1.29, 1.82) is 0 Å². The van der Waals surface area contributed by atoms with Gasteiger partial charge in [-0.25, -0.2) is 4.79 Å². The van der Waals surface area contributed by atoms with Gasteiger partial charge in [0.15, 0.2) is 5.78 Å². The molecule has 1 N–H and O–H groups in total. The molecule has 0 unspecified atom stereocenters. The Labute approximate surface area is 114 Å². The van der Waals surface area contributed by atoms with Crippen molar-refractivity contribution in [3.63, 3.8) is 0 Å². The first-order valence-corrected chi connectivity index (χ1v) is 6.67. The van der Waals surface area contributed by atoms with Crippen molar-refractivity contribution in [3.05, 3.63) is 35.9 Å². The lowest BCUT2D eigenvalue weighted by molar-refractivity contribution is -0.121. The van der Waals surface area contributed by atoms with Crippen LogP contribution in [0, 0.1) is 0 Å². The van der Waals surface area contributed by atoms with Crippen molar-refractivity contribution in [2.45, 2.75) is 39.2 Å². The molecule has 0 heterocycles. The van der Waals surface area contributed by atoms with E-state index < -0.39 is 12.1 Å². The molecule has 1 rings (SSSR count). The monoisotopic (exact) mass is 263 g/mol. The van der Waals surface area contributed by atoms with Crippen molar-refractivity contribution < 1.29 is 14.3 Å². The van der Waals surface area contributed by atoms with Crippen LogP contribution in [0.5, 0.6) is 0 Å². The molecule has 0 radical (unpaired) electrons. The van der Waals surface area contributed by atoms with Gasteiger partial charge in [-0.2, -0.15) is 0 Å². The van der Waals surface area contributed by atoms with Gasteiger partial charge in [0.2, 0.25) is 0 Å². The lowest BCUT2D eigenvalue weighted by Crippen LogP contribution is -2.42. The molecule has 0 saturated carbocycles. The molecule has 0 fully saturated rings. The van der Waals surface area contributed by atoms with Crippen LogP contribution < -0.4 is 5.32 Å². The molecule has 1 atom stereocenters. The third kappa shape index (κ3) is 5.55. The van der Waals surface area contributed by atoms with E-state index in [9.17, 15) is 9.59 Å². The van der Waals surface area contributed by atoms with E-state index in [1.807, 2.05) is 37.3 Å². The zero-order valence-electron chi connectivity index (χ0n) is 11.5. The van der Waals surface area contributed by atoms with Crippen molar-refractivity contribution in [3.8, 4) is 0 Å². The van der Waals surface area contributed by atoms with Crippen LogP contribution >= 0.6 is 0 Å². The summed E-state index contributed by atoms with van der Waals surface area (Å²) in [4.78, 5) is 23.5. The summed E-state index contributed by atoms with van der Waals surface area (Å²) in [6, 6.07) is 9.13. The summed E-state index contributed by atoms with van der Waals surface area (Å²) in [6.45, 7) is 3.98. The highest BCUT2D eigenvalue weighted by Crippen LogP contribution is 2.07. The summed E-state index contributed by atoms with van der Waals surface area (Å²) < 4.78 is 4.84. The van der Waals surface area contributed by atoms with Crippen LogP contribution in [0.1, 0.15) is 32.3 Å². The van der Waals surface area contributed by atoms with Crippen LogP contribution in [0.2, 0.25) is 0 Å². The number of alkyl carbamates (subject to hydrolysis) is 1. The third-order valence-electron chi connectivity index (χ3n) is 2.74. The summed E-state index contributed by atoms with van der Waals surface area (Å²) in [6.07, 6.45) is 1.20. The van der Waals surface area contributed by atoms with Gasteiger partial charge in [-0.1, -0.05) is 37.3 Å². The molecule has 0 spiro atoms. The number of ether oxygens (including phenoxy) is 1.